The van der Waals surface area contributed by atoms with E-state index in [2.05, 4.69) is 0 Å². The summed E-state index contributed by atoms with van der Waals surface area (Å²) >= 11 is 0. The topological polar surface area (TPSA) is 93.6 Å². The number of nitrogens with two attached hydrogens (primary N) is 1. The number of hydrogen-bond acceptors (Lipinski definition) is 4. The number of primary amides is 1. The molecule has 0 atom stereocenters. The minimum atomic E-state index is -4.21. The number of rotatable bonds is 6. The van der Waals surface area contributed by atoms with Crippen LogP contribution in [0.4, 0.5) is 4.39 Å². The molecule has 0 fully saturated rings. The Morgan fingerprint density at radius 1 is 1.24 bits per heavy atom. The molecule has 0 aliphatic carbocycles. The Morgan fingerprint density at radius 3 is 2.52 bits per heavy atom. The van der Waals surface area contributed by atoms with Crippen molar-refractivity contribution in [1.29, 1.82) is 0 Å². The molecule has 1 heterocycles. The first-order valence-corrected chi connectivity index (χ1v) is 7.40. The smallest absolute Gasteiger partial charge is 0.246 e. The Labute approximate surface area is 121 Å². The monoisotopic (exact) mass is 312 g/mol. The zero-order valence-corrected chi connectivity index (χ0v) is 11.7. The molecule has 0 radical (unpaired) electrons. The summed E-state index contributed by atoms with van der Waals surface area (Å²) in [7, 11) is -4.21. The third kappa shape index (κ3) is 3.47. The number of carbonyl (C=O) groups is 1. The third-order valence-corrected chi connectivity index (χ3v) is 4.52. The second-order valence-electron chi connectivity index (χ2n) is 4.25. The number of carbonyl (C=O) groups excluding carboxylic acids is 1. The van der Waals surface area contributed by atoms with Crippen LogP contribution in [0.25, 0.3) is 0 Å². The van der Waals surface area contributed by atoms with Crippen LogP contribution in [0, 0.1) is 5.82 Å². The predicted octanol–water partition coefficient (Wildman–Crippen LogP) is 1.09. The van der Waals surface area contributed by atoms with Crippen molar-refractivity contribution in [2.24, 2.45) is 5.73 Å². The molecule has 8 heteroatoms. The van der Waals surface area contributed by atoms with Gasteiger partial charge >= 0.3 is 0 Å². The fourth-order valence-electron chi connectivity index (χ4n) is 1.77. The molecule has 0 bridgehead atoms. The quantitative estimate of drug-likeness (QED) is 0.864. The van der Waals surface area contributed by atoms with Gasteiger partial charge in [-0.1, -0.05) is 12.1 Å². The highest BCUT2D eigenvalue weighted by molar-refractivity contribution is 7.89. The molecule has 2 aromatic rings. The minimum absolute atomic E-state index is 0.216. The van der Waals surface area contributed by atoms with Crippen LogP contribution >= 0.6 is 0 Å². The lowest BCUT2D eigenvalue weighted by Crippen LogP contribution is -2.38. The standard InChI is InChI=1S/C13H13FN2O4S/c14-11-5-1-2-6-12(11)21(18,19)16(9-13(15)17)8-10-4-3-7-20-10/h1-7H,8-9H2,(H2,15,17). The van der Waals surface area contributed by atoms with Crippen molar-refractivity contribution < 1.29 is 22.0 Å². The summed E-state index contributed by atoms with van der Waals surface area (Å²) in [6, 6.07) is 8.05. The van der Waals surface area contributed by atoms with Crippen LogP contribution in [0.3, 0.4) is 0 Å². The van der Waals surface area contributed by atoms with Crippen molar-refractivity contribution in [2.75, 3.05) is 6.54 Å². The lowest BCUT2D eigenvalue weighted by molar-refractivity contribution is -0.118. The fraction of sp³-hybridized carbons (Fsp3) is 0.154. The third-order valence-electron chi connectivity index (χ3n) is 2.70. The molecule has 0 aliphatic heterocycles. The average molecular weight is 312 g/mol. The summed E-state index contributed by atoms with van der Waals surface area (Å²) < 4.78 is 44.4. The molecule has 1 aromatic heterocycles. The van der Waals surface area contributed by atoms with Gasteiger partial charge < -0.3 is 10.2 Å². The van der Waals surface area contributed by atoms with Gasteiger partial charge in [0, 0.05) is 0 Å². The normalized spacial score (nSPS) is 11.7. The van der Waals surface area contributed by atoms with Gasteiger partial charge in [-0.3, -0.25) is 4.79 Å². The van der Waals surface area contributed by atoms with Gasteiger partial charge in [-0.25, -0.2) is 12.8 Å². The van der Waals surface area contributed by atoms with E-state index in [1.165, 1.54) is 18.4 Å². The van der Waals surface area contributed by atoms with E-state index in [4.69, 9.17) is 10.2 Å². The molecule has 0 saturated carbocycles. The van der Waals surface area contributed by atoms with Crippen LogP contribution in [-0.4, -0.2) is 25.2 Å². The number of furan rings is 1. The van der Waals surface area contributed by atoms with Crippen molar-refractivity contribution in [1.82, 2.24) is 4.31 Å². The van der Waals surface area contributed by atoms with Crippen LogP contribution in [0.15, 0.2) is 52.0 Å². The summed E-state index contributed by atoms with van der Waals surface area (Å²) in [5, 5.41) is 0. The van der Waals surface area contributed by atoms with Gasteiger partial charge in [0.2, 0.25) is 15.9 Å². The van der Waals surface area contributed by atoms with Crippen molar-refractivity contribution in [3.63, 3.8) is 0 Å². The maximum Gasteiger partial charge on any atom is 0.246 e. The van der Waals surface area contributed by atoms with Crippen LogP contribution in [-0.2, 0) is 21.4 Å². The van der Waals surface area contributed by atoms with Crippen molar-refractivity contribution in [2.45, 2.75) is 11.4 Å². The summed E-state index contributed by atoms with van der Waals surface area (Å²) in [5.41, 5.74) is 5.07. The SMILES string of the molecule is NC(=O)CN(Cc1ccco1)S(=O)(=O)c1ccccc1F. The summed E-state index contributed by atoms with van der Waals surface area (Å²) in [6.45, 7) is -0.788. The Balaban J connectivity index is 2.39. The van der Waals surface area contributed by atoms with Gasteiger partial charge in [-0.05, 0) is 24.3 Å². The van der Waals surface area contributed by atoms with Crippen LogP contribution in [0.1, 0.15) is 5.76 Å². The molecule has 0 unspecified atom stereocenters. The first-order valence-electron chi connectivity index (χ1n) is 5.96. The largest absolute Gasteiger partial charge is 0.468 e. The number of sulfonamides is 1. The van der Waals surface area contributed by atoms with E-state index in [9.17, 15) is 17.6 Å². The van der Waals surface area contributed by atoms with Crippen LogP contribution < -0.4 is 5.73 Å². The highest BCUT2D eigenvalue weighted by Crippen LogP contribution is 2.20. The lowest BCUT2D eigenvalue weighted by Gasteiger charge is -2.20. The van der Waals surface area contributed by atoms with Crippen molar-refractivity contribution in [3.05, 3.63) is 54.2 Å². The first kappa shape index (κ1) is 15.2. The second-order valence-corrected chi connectivity index (χ2v) is 6.16. The molecule has 0 saturated heterocycles. The molecule has 6 nitrogen and oxygen atoms in total. The lowest BCUT2D eigenvalue weighted by atomic mass is 10.3. The minimum Gasteiger partial charge on any atom is -0.468 e. The highest BCUT2D eigenvalue weighted by Gasteiger charge is 2.29. The Bertz CT molecular complexity index is 728. The molecule has 1 aromatic carbocycles. The number of nitrogens with zero attached hydrogens (tertiary/aromatic N) is 1. The molecule has 21 heavy (non-hydrogen) atoms. The summed E-state index contributed by atoms with van der Waals surface area (Å²) in [5.74, 6) is -1.43. The second kappa shape index (κ2) is 6.06. The molecule has 2 N–H and O–H groups in total. The Hall–Kier alpha value is -2.19. The predicted molar refractivity (Wildman–Crippen MR) is 71.9 cm³/mol. The fourth-order valence-corrected chi connectivity index (χ4v) is 3.21. The number of amides is 1. The van der Waals surface area contributed by atoms with Crippen LogP contribution in [0.2, 0.25) is 0 Å². The van der Waals surface area contributed by atoms with Crippen molar-refractivity contribution >= 4 is 15.9 Å². The maximum atomic E-state index is 13.7. The van der Waals surface area contributed by atoms with E-state index in [1.54, 1.807) is 12.1 Å². The molecule has 0 aliphatic rings. The zero-order valence-electron chi connectivity index (χ0n) is 10.9. The van der Waals surface area contributed by atoms with Crippen LogP contribution in [0.5, 0.6) is 0 Å². The van der Waals surface area contributed by atoms with Gasteiger partial charge in [0.15, 0.2) is 0 Å². The molecule has 0 spiro atoms. The molecule has 112 valence electrons. The van der Waals surface area contributed by atoms with E-state index < -0.39 is 33.2 Å². The summed E-state index contributed by atoms with van der Waals surface area (Å²) in [6.07, 6.45) is 1.37. The summed E-state index contributed by atoms with van der Waals surface area (Å²) in [4.78, 5) is 10.6. The van der Waals surface area contributed by atoms with Gasteiger partial charge in [-0.15, -0.1) is 0 Å². The average Bonchev–Trinajstić information content (AvgIpc) is 2.90. The van der Waals surface area contributed by atoms with Gasteiger partial charge in [0.1, 0.15) is 16.5 Å². The van der Waals surface area contributed by atoms with E-state index in [1.807, 2.05) is 0 Å². The van der Waals surface area contributed by atoms with E-state index in [-0.39, 0.29) is 6.54 Å². The molecule has 1 amide bonds. The number of hydrogen-bond donors (Lipinski definition) is 1. The Kier molecular flexibility index (Phi) is 4.39. The van der Waals surface area contributed by atoms with E-state index >= 15 is 0 Å². The molecular formula is C13H13FN2O4S. The molecular weight excluding hydrogens is 299 g/mol. The first-order chi connectivity index (χ1) is 9.91. The van der Waals surface area contributed by atoms with E-state index in [0.29, 0.717) is 5.76 Å². The molecule has 2 rings (SSSR count). The van der Waals surface area contributed by atoms with Gasteiger partial charge in [0.05, 0.1) is 19.4 Å². The highest BCUT2D eigenvalue weighted by atomic mass is 32.2. The van der Waals surface area contributed by atoms with Gasteiger partial charge in [0.25, 0.3) is 0 Å². The van der Waals surface area contributed by atoms with E-state index in [0.717, 1.165) is 16.4 Å². The zero-order chi connectivity index (χ0) is 15.5. The van der Waals surface area contributed by atoms with Gasteiger partial charge in [-0.2, -0.15) is 4.31 Å². The maximum absolute atomic E-state index is 13.7. The Morgan fingerprint density at radius 2 is 1.95 bits per heavy atom. The van der Waals surface area contributed by atoms with Crippen molar-refractivity contribution in [3.8, 4) is 0 Å². The number of halogens is 1. The number of benzene rings is 1.